The van der Waals surface area contributed by atoms with Gasteiger partial charge in [-0.25, -0.2) is 4.98 Å². The molecule has 0 spiro atoms. The number of nitrogens with zero attached hydrogens (tertiary/aromatic N) is 2. The molecule has 174 valence electrons. The fourth-order valence-corrected chi connectivity index (χ4v) is 3.73. The van der Waals surface area contributed by atoms with Gasteiger partial charge in [0.2, 0.25) is 5.91 Å². The molecule has 9 nitrogen and oxygen atoms in total. The maximum atomic E-state index is 12.4. The zero-order chi connectivity index (χ0) is 23.8. The first-order valence-electron chi connectivity index (χ1n) is 10.4. The Labute approximate surface area is 199 Å². The first-order chi connectivity index (χ1) is 16.6. The summed E-state index contributed by atoms with van der Waals surface area (Å²) in [7, 11) is 1.57. The van der Waals surface area contributed by atoms with Gasteiger partial charge in [-0.1, -0.05) is 6.07 Å². The number of anilines is 1. The number of furan rings is 1. The summed E-state index contributed by atoms with van der Waals surface area (Å²) < 4.78 is 16.3. The highest BCUT2D eigenvalue weighted by molar-refractivity contribution is 7.14. The van der Waals surface area contributed by atoms with Gasteiger partial charge in [0.15, 0.2) is 22.4 Å². The highest BCUT2D eigenvalue weighted by atomic mass is 32.1. The van der Waals surface area contributed by atoms with E-state index in [2.05, 4.69) is 20.6 Å². The standard InChI is InChI=1S/C24H22N4O5S/c1-31-21-11-17(4-5-19(21)33-14-16-6-8-25-9-7-16)13-26-22(29)12-18-15-34-24(27-18)28-23(30)20-3-2-10-32-20/h2-11,15H,12-14H2,1H3,(H,26,29)(H,27,28,30). The first-order valence-corrected chi connectivity index (χ1v) is 11.2. The smallest absolute Gasteiger partial charge is 0.293 e. The van der Waals surface area contributed by atoms with E-state index in [4.69, 9.17) is 13.9 Å². The molecule has 0 fully saturated rings. The lowest BCUT2D eigenvalue weighted by Crippen LogP contribution is -2.24. The predicted octanol–water partition coefficient (Wildman–Crippen LogP) is 3.83. The minimum atomic E-state index is -0.391. The maximum Gasteiger partial charge on any atom is 0.293 e. The summed E-state index contributed by atoms with van der Waals surface area (Å²) in [5, 5.41) is 7.65. The van der Waals surface area contributed by atoms with Gasteiger partial charge in [0.1, 0.15) is 6.61 Å². The highest BCUT2D eigenvalue weighted by Gasteiger charge is 2.13. The number of pyridine rings is 1. The Morgan fingerprint density at radius 1 is 1.09 bits per heavy atom. The van der Waals surface area contributed by atoms with Gasteiger partial charge in [0, 0.05) is 24.3 Å². The minimum Gasteiger partial charge on any atom is -0.493 e. The average Bonchev–Trinajstić information content (AvgIpc) is 3.55. The molecule has 34 heavy (non-hydrogen) atoms. The van der Waals surface area contributed by atoms with Crippen molar-refractivity contribution in [1.29, 1.82) is 0 Å². The number of hydrogen-bond donors (Lipinski definition) is 2. The molecule has 0 atom stereocenters. The monoisotopic (exact) mass is 478 g/mol. The van der Waals surface area contributed by atoms with E-state index < -0.39 is 5.91 Å². The number of thiazole rings is 1. The second kappa shape index (κ2) is 11.1. The van der Waals surface area contributed by atoms with E-state index >= 15 is 0 Å². The summed E-state index contributed by atoms with van der Waals surface area (Å²) >= 11 is 1.24. The number of benzene rings is 1. The van der Waals surface area contributed by atoms with Crippen LogP contribution in [0.15, 0.2) is 70.9 Å². The summed E-state index contributed by atoms with van der Waals surface area (Å²) in [5.41, 5.74) is 2.43. The number of carbonyl (C=O) groups is 2. The Morgan fingerprint density at radius 3 is 2.71 bits per heavy atom. The van der Waals surface area contributed by atoms with Gasteiger partial charge >= 0.3 is 0 Å². The van der Waals surface area contributed by atoms with E-state index in [9.17, 15) is 9.59 Å². The molecule has 4 rings (SSSR count). The Kier molecular flexibility index (Phi) is 7.51. The second-order valence-corrected chi connectivity index (χ2v) is 8.02. The Bertz CT molecular complexity index is 1240. The van der Waals surface area contributed by atoms with Crippen molar-refractivity contribution in [2.75, 3.05) is 12.4 Å². The van der Waals surface area contributed by atoms with Crippen molar-refractivity contribution >= 4 is 28.3 Å². The van der Waals surface area contributed by atoms with E-state index in [1.165, 1.54) is 17.6 Å². The third-order valence-corrected chi connectivity index (χ3v) is 5.53. The number of rotatable bonds is 10. The molecular formula is C24H22N4O5S. The van der Waals surface area contributed by atoms with Crippen molar-refractivity contribution in [2.45, 2.75) is 19.6 Å². The maximum absolute atomic E-state index is 12.4. The van der Waals surface area contributed by atoms with Crippen LogP contribution >= 0.6 is 11.3 Å². The summed E-state index contributed by atoms with van der Waals surface area (Å²) in [6.07, 6.45) is 4.94. The first kappa shape index (κ1) is 23.0. The van der Waals surface area contributed by atoms with Crippen LogP contribution in [-0.4, -0.2) is 28.9 Å². The molecule has 3 aromatic heterocycles. The van der Waals surface area contributed by atoms with Gasteiger partial charge in [-0.05, 0) is 47.5 Å². The zero-order valence-electron chi connectivity index (χ0n) is 18.3. The molecule has 0 unspecified atom stereocenters. The normalized spacial score (nSPS) is 10.5. The number of hydrogen-bond acceptors (Lipinski definition) is 8. The van der Waals surface area contributed by atoms with E-state index in [1.807, 2.05) is 30.3 Å². The summed E-state index contributed by atoms with van der Waals surface area (Å²) in [6, 6.07) is 12.5. The zero-order valence-corrected chi connectivity index (χ0v) is 19.1. The van der Waals surface area contributed by atoms with Gasteiger partial charge in [-0.3, -0.25) is 19.9 Å². The van der Waals surface area contributed by atoms with Crippen LogP contribution in [0.4, 0.5) is 5.13 Å². The number of methoxy groups -OCH3 is 1. The fourth-order valence-electron chi connectivity index (χ4n) is 3.02. The van der Waals surface area contributed by atoms with Crippen LogP contribution < -0.4 is 20.1 Å². The molecule has 4 aromatic rings. The number of aromatic nitrogens is 2. The minimum absolute atomic E-state index is 0.0946. The molecule has 2 amide bonds. The van der Waals surface area contributed by atoms with Gasteiger partial charge < -0.3 is 19.2 Å². The second-order valence-electron chi connectivity index (χ2n) is 7.16. The lowest BCUT2D eigenvalue weighted by molar-refractivity contribution is -0.120. The highest BCUT2D eigenvalue weighted by Crippen LogP contribution is 2.29. The molecule has 0 aliphatic heterocycles. The molecule has 0 aliphatic carbocycles. The summed E-state index contributed by atoms with van der Waals surface area (Å²) in [5.74, 6) is 0.806. The van der Waals surface area contributed by atoms with Crippen molar-refractivity contribution in [3.63, 3.8) is 0 Å². The molecule has 3 heterocycles. The van der Waals surface area contributed by atoms with Gasteiger partial charge in [-0.15, -0.1) is 11.3 Å². The quantitative estimate of drug-likeness (QED) is 0.356. The van der Waals surface area contributed by atoms with Crippen molar-refractivity contribution in [3.8, 4) is 11.5 Å². The SMILES string of the molecule is COc1cc(CNC(=O)Cc2csc(NC(=O)c3ccco3)n2)ccc1OCc1ccncc1. The van der Waals surface area contributed by atoms with Crippen molar-refractivity contribution in [3.05, 3.63) is 89.1 Å². The number of amides is 2. The Balaban J connectivity index is 1.27. The Hall–Kier alpha value is -4.18. The van der Waals surface area contributed by atoms with Crippen LogP contribution in [0.25, 0.3) is 0 Å². The van der Waals surface area contributed by atoms with E-state index in [0.29, 0.717) is 35.5 Å². The van der Waals surface area contributed by atoms with Crippen LogP contribution in [0.1, 0.15) is 27.4 Å². The molecule has 10 heteroatoms. The molecule has 0 saturated heterocycles. The van der Waals surface area contributed by atoms with Gasteiger partial charge in [0.25, 0.3) is 5.91 Å². The summed E-state index contributed by atoms with van der Waals surface area (Å²) in [4.78, 5) is 32.7. The van der Waals surface area contributed by atoms with Crippen molar-refractivity contribution < 1.29 is 23.5 Å². The molecular weight excluding hydrogens is 456 g/mol. The van der Waals surface area contributed by atoms with Crippen LogP contribution in [-0.2, 0) is 24.4 Å². The lowest BCUT2D eigenvalue weighted by Gasteiger charge is -2.12. The van der Waals surface area contributed by atoms with Crippen molar-refractivity contribution in [2.24, 2.45) is 0 Å². The number of carbonyl (C=O) groups excluding carboxylic acids is 2. The van der Waals surface area contributed by atoms with Crippen LogP contribution in [0.2, 0.25) is 0 Å². The van der Waals surface area contributed by atoms with Crippen LogP contribution in [0.3, 0.4) is 0 Å². The molecule has 0 radical (unpaired) electrons. The third-order valence-electron chi connectivity index (χ3n) is 4.72. The van der Waals surface area contributed by atoms with Gasteiger partial charge in [-0.2, -0.15) is 0 Å². The van der Waals surface area contributed by atoms with Crippen molar-refractivity contribution in [1.82, 2.24) is 15.3 Å². The number of nitrogens with one attached hydrogen (secondary N) is 2. The Morgan fingerprint density at radius 2 is 1.94 bits per heavy atom. The molecule has 0 aliphatic rings. The third kappa shape index (κ3) is 6.20. The predicted molar refractivity (Wildman–Crippen MR) is 126 cm³/mol. The largest absolute Gasteiger partial charge is 0.493 e. The number of ether oxygens (including phenoxy) is 2. The topological polar surface area (TPSA) is 116 Å². The fraction of sp³-hybridized carbons (Fsp3) is 0.167. The molecule has 0 saturated carbocycles. The molecule has 1 aromatic carbocycles. The van der Waals surface area contributed by atoms with Crippen LogP contribution in [0.5, 0.6) is 11.5 Å². The molecule has 0 bridgehead atoms. The van der Waals surface area contributed by atoms with E-state index in [0.717, 1.165) is 11.1 Å². The van der Waals surface area contributed by atoms with E-state index in [1.54, 1.807) is 37.0 Å². The van der Waals surface area contributed by atoms with Gasteiger partial charge in [0.05, 0.1) is 25.5 Å². The van der Waals surface area contributed by atoms with Crippen LogP contribution in [0, 0.1) is 0 Å². The molecule has 2 N–H and O–H groups in total. The average molecular weight is 479 g/mol. The summed E-state index contributed by atoms with van der Waals surface area (Å²) in [6.45, 7) is 0.721. The van der Waals surface area contributed by atoms with E-state index in [-0.39, 0.29) is 18.1 Å². The lowest BCUT2D eigenvalue weighted by atomic mass is 10.2.